The van der Waals surface area contributed by atoms with Crippen LogP contribution in [0.4, 0.5) is 0 Å². The number of benzene rings is 2. The van der Waals surface area contributed by atoms with Gasteiger partial charge in [0.05, 0.1) is 0 Å². The zero-order valence-electron chi connectivity index (χ0n) is 18.3. The van der Waals surface area contributed by atoms with Crippen LogP contribution >= 0.6 is 0 Å². The van der Waals surface area contributed by atoms with Crippen molar-refractivity contribution >= 4 is 5.91 Å². The zero-order chi connectivity index (χ0) is 20.6. The van der Waals surface area contributed by atoms with Gasteiger partial charge >= 0.3 is 0 Å². The molecule has 3 rings (SSSR count). The summed E-state index contributed by atoms with van der Waals surface area (Å²) in [6, 6.07) is 17.0. The molecule has 3 heteroatoms. The molecule has 0 saturated carbocycles. The van der Waals surface area contributed by atoms with Gasteiger partial charge in [0, 0.05) is 25.2 Å². The predicted octanol–water partition coefficient (Wildman–Crippen LogP) is 5.40. The van der Waals surface area contributed by atoms with Crippen molar-refractivity contribution in [2.45, 2.75) is 58.9 Å². The molecule has 0 radical (unpaired) electrons. The summed E-state index contributed by atoms with van der Waals surface area (Å²) in [4.78, 5) is 14.9. The number of likely N-dealkylation sites (tertiary alicyclic amines) is 1. The van der Waals surface area contributed by atoms with Crippen LogP contribution in [0.15, 0.2) is 48.5 Å². The van der Waals surface area contributed by atoms with Gasteiger partial charge in [-0.25, -0.2) is 0 Å². The highest BCUT2D eigenvalue weighted by Gasteiger charge is 2.16. The Morgan fingerprint density at radius 2 is 1.76 bits per heavy atom. The number of piperidine rings is 1. The van der Waals surface area contributed by atoms with E-state index in [9.17, 15) is 4.79 Å². The number of amides is 1. The largest absolute Gasteiger partial charge is 0.352 e. The van der Waals surface area contributed by atoms with Crippen LogP contribution in [0.25, 0.3) is 0 Å². The van der Waals surface area contributed by atoms with Crippen molar-refractivity contribution in [1.82, 2.24) is 10.2 Å². The molecule has 1 amide bonds. The van der Waals surface area contributed by atoms with Crippen LogP contribution in [-0.2, 0) is 13.0 Å². The Kier molecular flexibility index (Phi) is 7.88. The lowest BCUT2D eigenvalue weighted by atomic mass is 9.99. The van der Waals surface area contributed by atoms with E-state index in [2.05, 4.69) is 67.4 Å². The molecule has 2 aromatic rings. The van der Waals surface area contributed by atoms with Crippen LogP contribution in [0.1, 0.15) is 73.0 Å². The number of hydrogen-bond donors (Lipinski definition) is 1. The van der Waals surface area contributed by atoms with Crippen molar-refractivity contribution in [1.29, 1.82) is 0 Å². The van der Waals surface area contributed by atoms with E-state index >= 15 is 0 Å². The van der Waals surface area contributed by atoms with Crippen molar-refractivity contribution in [3.63, 3.8) is 0 Å². The van der Waals surface area contributed by atoms with Crippen molar-refractivity contribution in [2.24, 2.45) is 5.92 Å². The second-order valence-corrected chi connectivity index (χ2v) is 8.94. The fourth-order valence-corrected chi connectivity index (χ4v) is 4.12. The lowest BCUT2D eigenvalue weighted by molar-refractivity contribution is 0.0953. The number of aryl methyl sites for hydroxylation is 1. The number of hydrogen-bond acceptors (Lipinski definition) is 2. The summed E-state index contributed by atoms with van der Waals surface area (Å²) in [5.74, 6) is 1.39. The van der Waals surface area contributed by atoms with Crippen LogP contribution in [-0.4, -0.2) is 30.4 Å². The fourth-order valence-electron chi connectivity index (χ4n) is 4.12. The molecule has 1 atom stereocenters. The van der Waals surface area contributed by atoms with Crippen LogP contribution in [0.5, 0.6) is 0 Å². The standard InChI is InChI=1S/C26H36N2O/c1-20(2)24-12-8-22(9-13-24)7-4-16-27-26(29)25-14-10-23(11-15-25)19-28-17-5-6-21(3)18-28/h8-15,20-21H,4-7,16-19H2,1-3H3,(H,27,29)/t21-/m0/s1. The maximum absolute atomic E-state index is 12.4. The summed E-state index contributed by atoms with van der Waals surface area (Å²) in [6.45, 7) is 10.8. The van der Waals surface area contributed by atoms with E-state index in [4.69, 9.17) is 0 Å². The minimum atomic E-state index is 0.0262. The monoisotopic (exact) mass is 392 g/mol. The van der Waals surface area contributed by atoms with Crippen molar-refractivity contribution in [3.05, 3.63) is 70.8 Å². The van der Waals surface area contributed by atoms with Gasteiger partial charge in [0.2, 0.25) is 0 Å². The maximum Gasteiger partial charge on any atom is 0.251 e. The third-order valence-electron chi connectivity index (χ3n) is 5.94. The lowest BCUT2D eigenvalue weighted by Crippen LogP contribution is -2.33. The van der Waals surface area contributed by atoms with E-state index in [1.807, 2.05) is 12.1 Å². The van der Waals surface area contributed by atoms with Gasteiger partial charge < -0.3 is 5.32 Å². The summed E-state index contributed by atoms with van der Waals surface area (Å²) in [5.41, 5.74) is 4.75. The van der Waals surface area contributed by atoms with E-state index in [-0.39, 0.29) is 5.91 Å². The predicted molar refractivity (Wildman–Crippen MR) is 121 cm³/mol. The normalized spacial score (nSPS) is 17.4. The highest BCUT2D eigenvalue weighted by molar-refractivity contribution is 5.94. The third-order valence-corrected chi connectivity index (χ3v) is 5.94. The number of nitrogens with one attached hydrogen (secondary N) is 1. The molecular weight excluding hydrogens is 356 g/mol. The van der Waals surface area contributed by atoms with Gasteiger partial charge in [-0.2, -0.15) is 0 Å². The Hall–Kier alpha value is -2.13. The Bertz CT molecular complexity index is 764. The molecular formula is C26H36N2O. The van der Waals surface area contributed by atoms with Gasteiger partial charge in [-0.3, -0.25) is 9.69 Å². The van der Waals surface area contributed by atoms with Crippen molar-refractivity contribution in [3.8, 4) is 0 Å². The fraction of sp³-hybridized carbons (Fsp3) is 0.500. The highest BCUT2D eigenvalue weighted by atomic mass is 16.1. The molecule has 1 fully saturated rings. The Labute approximate surface area is 176 Å². The average molecular weight is 393 g/mol. The highest BCUT2D eigenvalue weighted by Crippen LogP contribution is 2.18. The summed E-state index contributed by atoms with van der Waals surface area (Å²) in [5, 5.41) is 3.06. The molecule has 156 valence electrons. The van der Waals surface area contributed by atoms with E-state index in [1.54, 1.807) is 0 Å². The minimum absolute atomic E-state index is 0.0262. The van der Waals surface area contributed by atoms with Crippen LogP contribution < -0.4 is 5.32 Å². The van der Waals surface area contributed by atoms with E-state index < -0.39 is 0 Å². The van der Waals surface area contributed by atoms with Gasteiger partial charge in [-0.15, -0.1) is 0 Å². The number of rotatable bonds is 8. The quantitative estimate of drug-likeness (QED) is 0.610. The van der Waals surface area contributed by atoms with Crippen LogP contribution in [0.2, 0.25) is 0 Å². The first kappa shape index (κ1) is 21.6. The van der Waals surface area contributed by atoms with E-state index in [0.717, 1.165) is 30.9 Å². The molecule has 3 nitrogen and oxygen atoms in total. The molecule has 1 N–H and O–H groups in total. The molecule has 2 aromatic carbocycles. The van der Waals surface area contributed by atoms with Gasteiger partial charge in [0.1, 0.15) is 0 Å². The molecule has 1 aliphatic heterocycles. The molecule has 0 aromatic heterocycles. The molecule has 0 unspecified atom stereocenters. The number of carbonyl (C=O) groups is 1. The van der Waals surface area contributed by atoms with E-state index in [1.165, 1.54) is 42.6 Å². The molecule has 0 bridgehead atoms. The lowest BCUT2D eigenvalue weighted by Gasteiger charge is -2.30. The van der Waals surface area contributed by atoms with Crippen molar-refractivity contribution in [2.75, 3.05) is 19.6 Å². The average Bonchev–Trinajstić information content (AvgIpc) is 2.72. The first-order valence-corrected chi connectivity index (χ1v) is 11.2. The molecule has 0 spiro atoms. The molecule has 29 heavy (non-hydrogen) atoms. The Balaban J connectivity index is 1.40. The van der Waals surface area contributed by atoms with Crippen LogP contribution in [0.3, 0.4) is 0 Å². The first-order chi connectivity index (χ1) is 14.0. The topological polar surface area (TPSA) is 32.3 Å². The first-order valence-electron chi connectivity index (χ1n) is 11.2. The van der Waals surface area contributed by atoms with Gasteiger partial charge in [-0.05, 0) is 72.9 Å². The number of nitrogens with zero attached hydrogens (tertiary/aromatic N) is 1. The maximum atomic E-state index is 12.4. The van der Waals surface area contributed by atoms with Gasteiger partial charge in [0.15, 0.2) is 0 Å². The van der Waals surface area contributed by atoms with Crippen LogP contribution in [0, 0.1) is 5.92 Å². The Morgan fingerprint density at radius 1 is 1.07 bits per heavy atom. The molecule has 1 saturated heterocycles. The van der Waals surface area contributed by atoms with Gasteiger partial charge in [0.25, 0.3) is 5.91 Å². The van der Waals surface area contributed by atoms with E-state index in [0.29, 0.717) is 12.5 Å². The molecule has 1 heterocycles. The second kappa shape index (κ2) is 10.6. The van der Waals surface area contributed by atoms with Crippen molar-refractivity contribution < 1.29 is 4.79 Å². The zero-order valence-corrected chi connectivity index (χ0v) is 18.3. The summed E-state index contributed by atoms with van der Waals surface area (Å²) in [6.07, 6.45) is 4.59. The smallest absolute Gasteiger partial charge is 0.251 e. The molecule has 0 aliphatic carbocycles. The van der Waals surface area contributed by atoms with Gasteiger partial charge in [-0.1, -0.05) is 57.2 Å². The minimum Gasteiger partial charge on any atom is -0.352 e. The summed E-state index contributed by atoms with van der Waals surface area (Å²) in [7, 11) is 0. The Morgan fingerprint density at radius 3 is 2.41 bits per heavy atom. The second-order valence-electron chi connectivity index (χ2n) is 8.94. The number of carbonyl (C=O) groups excluding carboxylic acids is 1. The summed E-state index contributed by atoms with van der Waals surface area (Å²) < 4.78 is 0. The molecule has 1 aliphatic rings. The third kappa shape index (κ3) is 6.71. The SMILES string of the molecule is CC(C)c1ccc(CCCNC(=O)c2ccc(CN3CCC[C@H](C)C3)cc2)cc1. The summed E-state index contributed by atoms with van der Waals surface area (Å²) >= 11 is 0.